The largest absolute Gasteiger partial charge is 0.429 e. The molecular weight excluding hydrogens is 324 g/mol. The summed E-state index contributed by atoms with van der Waals surface area (Å²) in [4.78, 5) is 17.4. The van der Waals surface area contributed by atoms with Gasteiger partial charge < -0.3 is 14.3 Å². The van der Waals surface area contributed by atoms with Gasteiger partial charge in [-0.1, -0.05) is 0 Å². The smallest absolute Gasteiger partial charge is 0.266 e. The molecule has 0 saturated carbocycles. The molecule has 2 aromatic rings. The molecule has 0 spiro atoms. The van der Waals surface area contributed by atoms with Gasteiger partial charge in [0.25, 0.3) is 10.7 Å². The first kappa shape index (κ1) is 15.2. The first-order valence-corrected chi connectivity index (χ1v) is 9.27. The van der Waals surface area contributed by atoms with Gasteiger partial charge in [0.15, 0.2) is 15.4 Å². The first-order valence-electron chi connectivity index (χ1n) is 7.04. The predicted octanol–water partition coefficient (Wildman–Crippen LogP) is 2.14. The molecule has 1 fully saturated rings. The van der Waals surface area contributed by atoms with Crippen molar-refractivity contribution in [3.63, 3.8) is 0 Å². The lowest BCUT2D eigenvalue weighted by Crippen LogP contribution is -2.40. The predicted molar refractivity (Wildman–Crippen MR) is 85.2 cm³/mol. The molecule has 8 heteroatoms. The Bertz CT molecular complexity index is 882. The second-order valence-electron chi connectivity index (χ2n) is 5.37. The van der Waals surface area contributed by atoms with E-state index in [1.54, 1.807) is 23.1 Å². The van der Waals surface area contributed by atoms with Crippen LogP contribution in [0.4, 0.5) is 0 Å². The number of sulfone groups is 1. The van der Waals surface area contributed by atoms with E-state index < -0.39 is 9.84 Å². The van der Waals surface area contributed by atoms with Crippen LogP contribution >= 0.6 is 12.2 Å². The number of hydrogen-bond acceptors (Lipinski definition) is 5. The van der Waals surface area contributed by atoms with E-state index in [4.69, 9.17) is 16.6 Å². The highest BCUT2D eigenvalue weighted by Gasteiger charge is 2.34. The van der Waals surface area contributed by atoms with E-state index in [0.29, 0.717) is 24.1 Å². The average molecular weight is 340 g/mol. The quantitative estimate of drug-likeness (QED) is 0.866. The zero-order valence-electron chi connectivity index (χ0n) is 12.0. The zero-order valence-corrected chi connectivity index (χ0v) is 13.7. The summed E-state index contributed by atoms with van der Waals surface area (Å²) >= 11 is 4.92. The van der Waals surface area contributed by atoms with Crippen LogP contribution in [0.15, 0.2) is 22.6 Å². The van der Waals surface area contributed by atoms with Gasteiger partial charge in [-0.3, -0.25) is 4.79 Å². The molecule has 22 heavy (non-hydrogen) atoms. The van der Waals surface area contributed by atoms with Crippen LogP contribution in [0.1, 0.15) is 23.7 Å². The summed E-state index contributed by atoms with van der Waals surface area (Å²) in [6, 6.07) is 4.81. The number of hydrogen-bond donors (Lipinski definition) is 1. The van der Waals surface area contributed by atoms with E-state index in [1.807, 2.05) is 6.92 Å². The maximum absolute atomic E-state index is 12.7. The third kappa shape index (κ3) is 2.80. The highest BCUT2D eigenvalue weighted by atomic mass is 32.2. The van der Waals surface area contributed by atoms with Gasteiger partial charge in [-0.25, -0.2) is 8.42 Å². The third-order valence-electron chi connectivity index (χ3n) is 3.92. The standard InChI is InChI=1S/C14H16N2O4S2/c1-2-16(10-5-6-22(18,19)8-10)13(17)9-3-4-11-12(7-9)20-14(21)15-11/h3-4,7,10H,2,5-6,8H2,1H3,(H,15,21)/t10-/m0/s1. The number of benzene rings is 1. The highest BCUT2D eigenvalue weighted by Crippen LogP contribution is 2.22. The van der Waals surface area contributed by atoms with Crippen LogP contribution in [0, 0.1) is 4.84 Å². The Kier molecular flexibility index (Phi) is 3.82. The molecule has 1 saturated heterocycles. The lowest BCUT2D eigenvalue weighted by Gasteiger charge is -2.26. The normalized spacial score (nSPS) is 20.3. The van der Waals surface area contributed by atoms with Crippen LogP contribution in [0.5, 0.6) is 0 Å². The maximum atomic E-state index is 12.7. The molecule has 1 aromatic carbocycles. The van der Waals surface area contributed by atoms with Crippen molar-refractivity contribution in [2.75, 3.05) is 18.1 Å². The Morgan fingerprint density at radius 1 is 1.50 bits per heavy atom. The minimum absolute atomic E-state index is 0.0413. The number of oxazole rings is 1. The Hall–Kier alpha value is -1.67. The molecule has 2 heterocycles. The summed E-state index contributed by atoms with van der Waals surface area (Å²) in [5, 5.41) is 0. The molecule has 6 nitrogen and oxygen atoms in total. The number of fused-ring (bicyclic) bond motifs is 1. The number of amides is 1. The van der Waals surface area contributed by atoms with E-state index in [1.165, 1.54) is 0 Å². The van der Waals surface area contributed by atoms with Gasteiger partial charge in [-0.05, 0) is 43.8 Å². The number of aromatic nitrogens is 1. The van der Waals surface area contributed by atoms with E-state index in [2.05, 4.69) is 4.98 Å². The molecule has 1 atom stereocenters. The second kappa shape index (κ2) is 5.51. The SMILES string of the molecule is CCN(C(=O)c1ccc2[nH]c(=S)oc2c1)[C@H]1CCS(=O)(=O)C1. The van der Waals surface area contributed by atoms with E-state index in [-0.39, 0.29) is 28.3 Å². The number of H-pyrrole nitrogens is 1. The molecule has 118 valence electrons. The molecule has 0 radical (unpaired) electrons. The number of nitrogens with zero attached hydrogens (tertiary/aromatic N) is 1. The van der Waals surface area contributed by atoms with Gasteiger partial charge in [0.1, 0.15) is 0 Å². The summed E-state index contributed by atoms with van der Waals surface area (Å²) in [7, 11) is -3.03. The monoisotopic (exact) mass is 340 g/mol. The zero-order chi connectivity index (χ0) is 15.9. The van der Waals surface area contributed by atoms with Crippen molar-refractivity contribution in [3.05, 3.63) is 28.6 Å². The fourth-order valence-electron chi connectivity index (χ4n) is 2.83. The van der Waals surface area contributed by atoms with Crippen LogP contribution in [-0.4, -0.2) is 48.3 Å². The fraction of sp³-hybridized carbons (Fsp3) is 0.429. The fourth-order valence-corrected chi connectivity index (χ4v) is 4.76. The van der Waals surface area contributed by atoms with Crippen molar-refractivity contribution in [1.82, 2.24) is 9.88 Å². The van der Waals surface area contributed by atoms with Crippen molar-refractivity contribution in [2.24, 2.45) is 0 Å². The van der Waals surface area contributed by atoms with Gasteiger partial charge >= 0.3 is 0 Å². The van der Waals surface area contributed by atoms with Gasteiger partial charge in [0, 0.05) is 18.2 Å². The number of aromatic amines is 1. The maximum Gasteiger partial charge on any atom is 0.266 e. The highest BCUT2D eigenvalue weighted by molar-refractivity contribution is 7.91. The van der Waals surface area contributed by atoms with Crippen LogP contribution in [-0.2, 0) is 9.84 Å². The summed E-state index contributed by atoms with van der Waals surface area (Å²) in [6.07, 6.45) is 0.495. The minimum Gasteiger partial charge on any atom is -0.429 e. The number of nitrogens with one attached hydrogen (secondary N) is 1. The number of rotatable bonds is 3. The summed E-state index contributed by atoms with van der Waals surface area (Å²) in [5.41, 5.74) is 1.72. The molecule has 3 rings (SSSR count). The molecule has 1 amide bonds. The van der Waals surface area contributed by atoms with Gasteiger partial charge in [0.2, 0.25) is 0 Å². The number of carbonyl (C=O) groups excluding carboxylic acids is 1. The Balaban J connectivity index is 1.91. The van der Waals surface area contributed by atoms with Crippen molar-refractivity contribution >= 4 is 39.1 Å². The van der Waals surface area contributed by atoms with Crippen LogP contribution in [0.2, 0.25) is 0 Å². The molecular formula is C14H16N2O4S2. The van der Waals surface area contributed by atoms with Crippen molar-refractivity contribution in [2.45, 2.75) is 19.4 Å². The summed E-state index contributed by atoms with van der Waals surface area (Å²) < 4.78 is 28.6. The molecule has 0 bridgehead atoms. The molecule has 1 aliphatic rings. The topological polar surface area (TPSA) is 83.4 Å². The number of carbonyl (C=O) groups is 1. The summed E-state index contributed by atoms with van der Waals surface area (Å²) in [5.74, 6) is 0.000822. The van der Waals surface area contributed by atoms with Gasteiger partial charge in [0.05, 0.1) is 17.0 Å². The van der Waals surface area contributed by atoms with Crippen LogP contribution in [0.25, 0.3) is 11.1 Å². The van der Waals surface area contributed by atoms with Crippen molar-refractivity contribution in [3.8, 4) is 0 Å². The molecule has 1 N–H and O–H groups in total. The van der Waals surface area contributed by atoms with E-state index in [0.717, 1.165) is 5.52 Å². The molecule has 1 aromatic heterocycles. The Morgan fingerprint density at radius 3 is 2.91 bits per heavy atom. The Labute approximate surface area is 133 Å². The van der Waals surface area contributed by atoms with Gasteiger partial charge in [-0.15, -0.1) is 0 Å². The molecule has 1 aliphatic heterocycles. The van der Waals surface area contributed by atoms with E-state index in [9.17, 15) is 13.2 Å². The van der Waals surface area contributed by atoms with E-state index >= 15 is 0 Å². The van der Waals surface area contributed by atoms with Crippen LogP contribution < -0.4 is 0 Å². The van der Waals surface area contributed by atoms with Crippen LogP contribution in [0.3, 0.4) is 0 Å². The molecule has 0 unspecified atom stereocenters. The second-order valence-corrected chi connectivity index (χ2v) is 7.97. The lowest BCUT2D eigenvalue weighted by molar-refractivity contribution is 0.0708. The van der Waals surface area contributed by atoms with Crippen molar-refractivity contribution in [1.29, 1.82) is 0 Å². The van der Waals surface area contributed by atoms with Crippen molar-refractivity contribution < 1.29 is 17.6 Å². The minimum atomic E-state index is -3.03. The average Bonchev–Trinajstić information content (AvgIpc) is 3.00. The molecule has 0 aliphatic carbocycles. The first-order chi connectivity index (χ1) is 10.4. The van der Waals surface area contributed by atoms with Gasteiger partial charge in [-0.2, -0.15) is 0 Å². The summed E-state index contributed by atoms with van der Waals surface area (Å²) in [6.45, 7) is 2.32. The third-order valence-corrected chi connectivity index (χ3v) is 5.85. The Morgan fingerprint density at radius 2 is 2.27 bits per heavy atom. The lowest BCUT2D eigenvalue weighted by atomic mass is 10.1.